The highest BCUT2D eigenvalue weighted by molar-refractivity contribution is 7.71. The van der Waals surface area contributed by atoms with Crippen LogP contribution in [0.5, 0.6) is 0 Å². The zero-order valence-electron chi connectivity index (χ0n) is 10.7. The lowest BCUT2D eigenvalue weighted by molar-refractivity contribution is 0.628. The molecule has 0 bridgehead atoms. The summed E-state index contributed by atoms with van der Waals surface area (Å²) in [7, 11) is 1.90. The molecule has 7 heteroatoms. The van der Waals surface area contributed by atoms with Gasteiger partial charge in [-0.2, -0.15) is 5.10 Å². The molecule has 0 spiro atoms. The Hall–Kier alpha value is -1.66. The highest BCUT2D eigenvalue weighted by atomic mass is 35.5. The van der Waals surface area contributed by atoms with Gasteiger partial charge in [0.1, 0.15) is 5.82 Å². The summed E-state index contributed by atoms with van der Waals surface area (Å²) in [5.74, 6) is -0.450. The second kappa shape index (κ2) is 5.03. The van der Waals surface area contributed by atoms with Crippen LogP contribution in [0.25, 0.3) is 11.0 Å². The summed E-state index contributed by atoms with van der Waals surface area (Å²) in [6.07, 6.45) is 2.54. The van der Waals surface area contributed by atoms with E-state index in [-0.39, 0.29) is 5.02 Å². The average molecular weight is 311 g/mol. The number of H-pyrrole nitrogens is 1. The van der Waals surface area contributed by atoms with E-state index in [1.165, 1.54) is 6.07 Å². The average Bonchev–Trinajstić information content (AvgIpc) is 2.92. The molecule has 0 aliphatic carbocycles. The molecule has 0 atom stereocenters. The molecule has 2 aromatic heterocycles. The van der Waals surface area contributed by atoms with E-state index in [4.69, 9.17) is 23.8 Å². The van der Waals surface area contributed by atoms with Crippen molar-refractivity contribution in [3.8, 4) is 0 Å². The lowest BCUT2D eigenvalue weighted by Gasteiger charge is -2.05. The third-order valence-electron chi connectivity index (χ3n) is 3.33. The van der Waals surface area contributed by atoms with Gasteiger partial charge in [-0.1, -0.05) is 11.6 Å². The first kappa shape index (κ1) is 13.3. The molecule has 0 aliphatic heterocycles. The van der Waals surface area contributed by atoms with Gasteiger partial charge in [0.2, 0.25) is 0 Å². The van der Waals surface area contributed by atoms with Crippen molar-refractivity contribution in [3.05, 3.63) is 45.7 Å². The van der Waals surface area contributed by atoms with Gasteiger partial charge in [-0.15, -0.1) is 0 Å². The summed E-state index contributed by atoms with van der Waals surface area (Å²) >= 11 is 11.1. The fourth-order valence-electron chi connectivity index (χ4n) is 2.25. The Morgan fingerprint density at radius 1 is 1.45 bits per heavy atom. The van der Waals surface area contributed by atoms with Crippen molar-refractivity contribution in [2.45, 2.75) is 13.0 Å². The summed E-state index contributed by atoms with van der Waals surface area (Å²) in [5, 5.41) is 4.23. The minimum Gasteiger partial charge on any atom is -0.330 e. The van der Waals surface area contributed by atoms with Crippen LogP contribution in [-0.2, 0) is 20.0 Å². The van der Waals surface area contributed by atoms with E-state index in [1.807, 2.05) is 22.4 Å². The van der Waals surface area contributed by atoms with Gasteiger partial charge in [-0.05, 0) is 24.4 Å². The van der Waals surface area contributed by atoms with Gasteiger partial charge in [-0.25, -0.2) is 4.39 Å². The van der Waals surface area contributed by atoms with E-state index in [2.05, 4.69) is 10.1 Å². The van der Waals surface area contributed by atoms with E-state index in [9.17, 15) is 4.39 Å². The van der Waals surface area contributed by atoms with E-state index < -0.39 is 5.82 Å². The smallest absolute Gasteiger partial charge is 0.178 e. The van der Waals surface area contributed by atoms with Gasteiger partial charge in [0, 0.05) is 38.0 Å². The topological polar surface area (TPSA) is 38.5 Å². The minimum atomic E-state index is -0.450. The molecular formula is C13H12ClFN4S. The molecule has 4 nitrogen and oxygen atoms in total. The second-order valence-electron chi connectivity index (χ2n) is 4.56. The van der Waals surface area contributed by atoms with Crippen molar-refractivity contribution in [3.63, 3.8) is 0 Å². The van der Waals surface area contributed by atoms with E-state index in [1.54, 1.807) is 12.3 Å². The van der Waals surface area contributed by atoms with Crippen LogP contribution < -0.4 is 0 Å². The van der Waals surface area contributed by atoms with E-state index in [0.717, 1.165) is 17.6 Å². The van der Waals surface area contributed by atoms with Crippen LogP contribution in [0.2, 0.25) is 5.02 Å². The number of nitrogens with one attached hydrogen (secondary N) is 1. The monoisotopic (exact) mass is 310 g/mol. The Labute approximate surface area is 124 Å². The molecule has 0 aliphatic rings. The highest BCUT2D eigenvalue weighted by Crippen LogP contribution is 2.23. The number of aromatic amines is 1. The van der Waals surface area contributed by atoms with Gasteiger partial charge in [-0.3, -0.25) is 4.68 Å². The maximum absolute atomic E-state index is 13.4. The molecule has 0 radical (unpaired) electrons. The van der Waals surface area contributed by atoms with Crippen LogP contribution in [-0.4, -0.2) is 19.3 Å². The minimum absolute atomic E-state index is 0.0979. The molecule has 0 fully saturated rings. The molecule has 0 saturated carbocycles. The van der Waals surface area contributed by atoms with Crippen LogP contribution in [0, 0.1) is 10.6 Å². The normalized spacial score (nSPS) is 11.3. The Morgan fingerprint density at radius 3 is 2.95 bits per heavy atom. The number of nitrogens with zero attached hydrogens (tertiary/aromatic N) is 3. The van der Waals surface area contributed by atoms with Crippen LogP contribution in [0.15, 0.2) is 24.4 Å². The van der Waals surface area contributed by atoms with Crippen molar-refractivity contribution in [2.24, 2.45) is 7.05 Å². The van der Waals surface area contributed by atoms with E-state index in [0.29, 0.717) is 16.8 Å². The Morgan fingerprint density at radius 2 is 2.25 bits per heavy atom. The summed E-state index contributed by atoms with van der Waals surface area (Å²) in [6, 6.07) is 4.93. The Balaban J connectivity index is 1.99. The van der Waals surface area contributed by atoms with Crippen LogP contribution in [0.1, 0.15) is 5.69 Å². The Kier molecular flexibility index (Phi) is 3.35. The number of benzene rings is 1. The summed E-state index contributed by atoms with van der Waals surface area (Å²) < 4.78 is 17.7. The van der Waals surface area contributed by atoms with Crippen LogP contribution in [0.3, 0.4) is 0 Å². The maximum Gasteiger partial charge on any atom is 0.178 e. The molecule has 104 valence electrons. The van der Waals surface area contributed by atoms with Gasteiger partial charge in [0.15, 0.2) is 4.77 Å². The van der Waals surface area contributed by atoms with Gasteiger partial charge < -0.3 is 9.55 Å². The third kappa shape index (κ3) is 2.25. The zero-order chi connectivity index (χ0) is 14.3. The standard InChI is InChI=1S/C13H12ClFN4S/c1-18-8(2-4-16-18)3-5-19-12-6-9(14)10(15)7-11(12)17-13(19)20/h2,4,6-7H,3,5H2,1H3,(H,17,20). The first-order chi connectivity index (χ1) is 9.56. The predicted octanol–water partition coefficient (Wildman–Crippen LogP) is 3.47. The highest BCUT2D eigenvalue weighted by Gasteiger charge is 2.09. The predicted molar refractivity (Wildman–Crippen MR) is 79.0 cm³/mol. The number of aromatic nitrogens is 4. The molecule has 3 aromatic rings. The lowest BCUT2D eigenvalue weighted by Crippen LogP contribution is -2.05. The molecular weight excluding hydrogens is 299 g/mol. The van der Waals surface area contributed by atoms with Gasteiger partial charge >= 0.3 is 0 Å². The maximum atomic E-state index is 13.4. The fraction of sp³-hybridized carbons (Fsp3) is 0.231. The molecule has 1 N–H and O–H groups in total. The van der Waals surface area contributed by atoms with Crippen molar-refractivity contribution in [1.29, 1.82) is 0 Å². The molecule has 2 heterocycles. The first-order valence-electron chi connectivity index (χ1n) is 6.10. The number of fused-ring (bicyclic) bond motifs is 1. The molecule has 3 rings (SSSR count). The fourth-order valence-corrected chi connectivity index (χ4v) is 2.70. The third-order valence-corrected chi connectivity index (χ3v) is 3.94. The number of halogens is 2. The molecule has 1 aromatic carbocycles. The lowest BCUT2D eigenvalue weighted by atomic mass is 10.2. The zero-order valence-corrected chi connectivity index (χ0v) is 12.3. The quantitative estimate of drug-likeness (QED) is 0.752. The molecule has 0 saturated heterocycles. The first-order valence-corrected chi connectivity index (χ1v) is 6.89. The largest absolute Gasteiger partial charge is 0.330 e. The number of hydrogen-bond acceptors (Lipinski definition) is 2. The van der Waals surface area contributed by atoms with Crippen LogP contribution >= 0.6 is 23.8 Å². The van der Waals surface area contributed by atoms with Gasteiger partial charge in [0.05, 0.1) is 16.1 Å². The number of imidazole rings is 1. The second-order valence-corrected chi connectivity index (χ2v) is 5.36. The summed E-state index contributed by atoms with van der Waals surface area (Å²) in [5.41, 5.74) is 2.57. The van der Waals surface area contributed by atoms with Crippen molar-refractivity contribution in [2.75, 3.05) is 0 Å². The Bertz CT molecular complexity index is 833. The van der Waals surface area contributed by atoms with Crippen molar-refractivity contribution >= 4 is 34.9 Å². The molecule has 0 amide bonds. The molecule has 20 heavy (non-hydrogen) atoms. The summed E-state index contributed by atoms with van der Waals surface area (Å²) in [6.45, 7) is 0.681. The number of aryl methyl sites for hydroxylation is 3. The van der Waals surface area contributed by atoms with Crippen molar-refractivity contribution in [1.82, 2.24) is 19.3 Å². The van der Waals surface area contributed by atoms with E-state index >= 15 is 0 Å². The number of hydrogen-bond donors (Lipinski definition) is 1. The van der Waals surface area contributed by atoms with Crippen molar-refractivity contribution < 1.29 is 4.39 Å². The molecule has 0 unspecified atom stereocenters. The number of rotatable bonds is 3. The summed E-state index contributed by atoms with van der Waals surface area (Å²) in [4.78, 5) is 3.00. The van der Waals surface area contributed by atoms with Gasteiger partial charge in [0.25, 0.3) is 0 Å². The van der Waals surface area contributed by atoms with Crippen LogP contribution in [0.4, 0.5) is 4.39 Å². The SMILES string of the molecule is Cn1nccc1CCn1c(=S)[nH]c2cc(F)c(Cl)cc21.